The first kappa shape index (κ1) is 21.4. The van der Waals surface area contributed by atoms with Gasteiger partial charge in [-0.3, -0.25) is 5.32 Å². The van der Waals surface area contributed by atoms with Crippen molar-refractivity contribution in [2.45, 2.75) is 64.1 Å². The van der Waals surface area contributed by atoms with Crippen molar-refractivity contribution in [3.8, 4) is 0 Å². The Labute approximate surface area is 198 Å². The minimum Gasteiger partial charge on any atom is -0.455 e. The molecular weight excluding hydrogens is 498 g/mol. The van der Waals surface area contributed by atoms with Crippen LogP contribution in [0.5, 0.6) is 0 Å². The summed E-state index contributed by atoms with van der Waals surface area (Å²) in [6.45, 7) is 6.42. The van der Waals surface area contributed by atoms with Crippen LogP contribution >= 0.6 is 38.6 Å². The first-order valence-electron chi connectivity index (χ1n) is 10.7. The van der Waals surface area contributed by atoms with Gasteiger partial charge in [0.15, 0.2) is 0 Å². The lowest BCUT2D eigenvalue weighted by molar-refractivity contribution is -0.0234. The third-order valence-corrected chi connectivity index (χ3v) is 9.82. The second kappa shape index (κ2) is 7.86. The SMILES string of the molecule is CN1CCc2c(sc(Br)c2CNC(=O)Nc2sc3c4c2C(=O)OC(C)(C)C4CCC3)C1. The van der Waals surface area contributed by atoms with Gasteiger partial charge in [-0.05, 0) is 79.2 Å². The Morgan fingerprint density at radius 1 is 1.29 bits per heavy atom. The summed E-state index contributed by atoms with van der Waals surface area (Å²) in [5.74, 6) is -0.125. The molecule has 2 N–H and O–H groups in total. The fraction of sp³-hybridized carbons (Fsp3) is 0.545. The maximum atomic E-state index is 12.8. The fourth-order valence-corrected chi connectivity index (χ4v) is 8.48. The monoisotopic (exact) mass is 523 g/mol. The van der Waals surface area contributed by atoms with Crippen molar-refractivity contribution in [1.29, 1.82) is 0 Å². The van der Waals surface area contributed by atoms with Gasteiger partial charge in [0.2, 0.25) is 0 Å². The largest absolute Gasteiger partial charge is 0.455 e. The third kappa shape index (κ3) is 3.73. The van der Waals surface area contributed by atoms with Gasteiger partial charge < -0.3 is 15.0 Å². The van der Waals surface area contributed by atoms with Crippen LogP contribution in [-0.2, 0) is 30.7 Å². The van der Waals surface area contributed by atoms with Crippen LogP contribution in [0.15, 0.2) is 3.79 Å². The Hall–Kier alpha value is -1.42. The van der Waals surface area contributed by atoms with E-state index in [0.717, 1.165) is 53.7 Å². The zero-order chi connectivity index (χ0) is 21.9. The predicted octanol–water partition coefficient (Wildman–Crippen LogP) is 5.25. The number of urea groups is 1. The third-order valence-electron chi connectivity index (χ3n) is 6.63. The number of rotatable bonds is 3. The van der Waals surface area contributed by atoms with Crippen LogP contribution in [-0.4, -0.2) is 36.1 Å². The normalized spacial score (nSPS) is 21.8. The number of anilines is 1. The van der Waals surface area contributed by atoms with Gasteiger partial charge in [0.1, 0.15) is 10.6 Å². The molecule has 0 saturated heterocycles. The number of halogens is 1. The molecule has 1 aliphatic carbocycles. The van der Waals surface area contributed by atoms with Crippen molar-refractivity contribution in [2.24, 2.45) is 0 Å². The summed E-state index contributed by atoms with van der Waals surface area (Å²) in [6, 6.07) is -0.288. The quantitative estimate of drug-likeness (QED) is 0.539. The Morgan fingerprint density at radius 2 is 2.10 bits per heavy atom. The van der Waals surface area contributed by atoms with E-state index in [1.165, 1.54) is 26.7 Å². The van der Waals surface area contributed by atoms with Crippen molar-refractivity contribution >= 4 is 55.6 Å². The standard InChI is InChI=1S/C22H26BrN3O3S2/c1-22(2)13-5-4-6-14-16(13)17(20(27)29-22)19(31-14)25-21(28)24-9-12-11-7-8-26(3)10-15(11)30-18(12)23/h13H,4-10H2,1-3H3,(H2,24,25,28). The molecule has 5 rings (SSSR count). The summed E-state index contributed by atoms with van der Waals surface area (Å²) in [5, 5.41) is 6.56. The maximum absolute atomic E-state index is 12.8. The molecule has 0 spiro atoms. The number of nitrogens with zero attached hydrogens (tertiary/aromatic N) is 1. The zero-order valence-electron chi connectivity index (χ0n) is 17.9. The minimum absolute atomic E-state index is 0.199. The van der Waals surface area contributed by atoms with Gasteiger partial charge in [0.05, 0.1) is 9.35 Å². The molecule has 1 atom stereocenters. The van der Waals surface area contributed by atoms with Crippen molar-refractivity contribution in [3.63, 3.8) is 0 Å². The number of ether oxygens (including phenoxy) is 1. The highest BCUT2D eigenvalue weighted by Crippen LogP contribution is 2.51. The van der Waals surface area contributed by atoms with E-state index in [-0.39, 0.29) is 17.9 Å². The average Bonchev–Trinajstić information content (AvgIpc) is 3.20. The van der Waals surface area contributed by atoms with Gasteiger partial charge in [-0.25, -0.2) is 9.59 Å². The van der Waals surface area contributed by atoms with Crippen LogP contribution in [0.25, 0.3) is 0 Å². The number of fused-ring (bicyclic) bond motifs is 1. The molecule has 2 aromatic heterocycles. The van der Waals surface area contributed by atoms with E-state index in [9.17, 15) is 9.59 Å². The van der Waals surface area contributed by atoms with E-state index in [2.05, 4.69) is 38.5 Å². The van der Waals surface area contributed by atoms with E-state index in [1.54, 1.807) is 11.3 Å². The topological polar surface area (TPSA) is 70.7 Å². The van der Waals surface area contributed by atoms with Gasteiger partial charge in [0, 0.05) is 35.3 Å². The molecule has 3 aliphatic rings. The van der Waals surface area contributed by atoms with E-state index in [1.807, 2.05) is 13.8 Å². The number of thiophene rings is 2. The highest BCUT2D eigenvalue weighted by molar-refractivity contribution is 9.11. The molecule has 31 heavy (non-hydrogen) atoms. The molecule has 2 aliphatic heterocycles. The first-order chi connectivity index (χ1) is 14.7. The highest BCUT2D eigenvalue weighted by Gasteiger charge is 2.46. The summed E-state index contributed by atoms with van der Waals surface area (Å²) in [7, 11) is 2.13. The number of hydrogen-bond acceptors (Lipinski definition) is 6. The Kier molecular flexibility index (Phi) is 5.44. The van der Waals surface area contributed by atoms with Crippen molar-refractivity contribution in [1.82, 2.24) is 10.2 Å². The lowest BCUT2D eigenvalue weighted by Crippen LogP contribution is -2.41. The fourth-order valence-electron chi connectivity index (χ4n) is 5.06. The molecule has 0 radical (unpaired) electrons. The number of hydrogen-bond donors (Lipinski definition) is 2. The highest BCUT2D eigenvalue weighted by atomic mass is 79.9. The zero-order valence-corrected chi connectivity index (χ0v) is 21.1. The van der Waals surface area contributed by atoms with Crippen LogP contribution in [0.4, 0.5) is 9.80 Å². The molecule has 0 aromatic carbocycles. The summed E-state index contributed by atoms with van der Waals surface area (Å²) >= 11 is 6.96. The number of nitrogens with one attached hydrogen (secondary N) is 2. The number of aryl methyl sites for hydroxylation is 1. The van der Waals surface area contributed by atoms with Gasteiger partial charge in [0.25, 0.3) is 0 Å². The number of carbonyl (C=O) groups excluding carboxylic acids is 2. The van der Waals surface area contributed by atoms with Crippen molar-refractivity contribution in [2.75, 3.05) is 18.9 Å². The van der Waals surface area contributed by atoms with E-state index in [4.69, 9.17) is 4.74 Å². The van der Waals surface area contributed by atoms with E-state index in [0.29, 0.717) is 17.1 Å². The number of likely N-dealkylation sites (N-methyl/N-ethyl adjacent to an activating group) is 1. The Morgan fingerprint density at radius 3 is 2.90 bits per heavy atom. The summed E-state index contributed by atoms with van der Waals surface area (Å²) in [5.41, 5.74) is 3.68. The van der Waals surface area contributed by atoms with Crippen LogP contribution in [0.3, 0.4) is 0 Å². The predicted molar refractivity (Wildman–Crippen MR) is 127 cm³/mol. The van der Waals surface area contributed by atoms with Crippen LogP contribution < -0.4 is 10.6 Å². The smallest absolute Gasteiger partial charge is 0.342 e. The van der Waals surface area contributed by atoms with E-state index >= 15 is 0 Å². The van der Waals surface area contributed by atoms with Crippen LogP contribution in [0, 0.1) is 0 Å². The molecule has 6 nitrogen and oxygen atoms in total. The maximum Gasteiger partial charge on any atom is 0.342 e. The molecule has 166 valence electrons. The summed E-state index contributed by atoms with van der Waals surface area (Å²) < 4.78 is 6.85. The van der Waals surface area contributed by atoms with Crippen LogP contribution in [0.1, 0.15) is 69.4 Å². The summed E-state index contributed by atoms with van der Waals surface area (Å²) in [4.78, 5) is 30.4. The lowest BCUT2D eigenvalue weighted by Gasteiger charge is -2.40. The van der Waals surface area contributed by atoms with Crippen LogP contribution in [0.2, 0.25) is 0 Å². The van der Waals surface area contributed by atoms with Gasteiger partial charge in [-0.15, -0.1) is 22.7 Å². The van der Waals surface area contributed by atoms with Crippen molar-refractivity contribution in [3.05, 3.63) is 35.8 Å². The van der Waals surface area contributed by atoms with Gasteiger partial charge in [-0.1, -0.05) is 0 Å². The summed E-state index contributed by atoms with van der Waals surface area (Å²) in [6.07, 6.45) is 4.04. The second-order valence-electron chi connectivity index (χ2n) is 9.13. The lowest BCUT2D eigenvalue weighted by atomic mass is 9.74. The number of carbonyl (C=O) groups is 2. The molecule has 2 aromatic rings. The number of cyclic esters (lactones) is 1. The number of esters is 1. The minimum atomic E-state index is -0.502. The molecule has 4 heterocycles. The first-order valence-corrected chi connectivity index (χ1v) is 13.1. The molecular formula is C22H26BrN3O3S2. The molecule has 0 saturated carbocycles. The average molecular weight is 525 g/mol. The molecule has 9 heteroatoms. The van der Waals surface area contributed by atoms with E-state index < -0.39 is 5.60 Å². The van der Waals surface area contributed by atoms with Gasteiger partial charge >= 0.3 is 12.0 Å². The molecule has 2 amide bonds. The Bertz CT molecular complexity index is 1070. The second-order valence-corrected chi connectivity index (χ2v) is 12.7. The van der Waals surface area contributed by atoms with Gasteiger partial charge in [-0.2, -0.15) is 0 Å². The number of amides is 2. The molecule has 1 unspecified atom stereocenters. The Balaban J connectivity index is 1.34. The molecule has 0 bridgehead atoms. The molecule has 0 fully saturated rings. The van der Waals surface area contributed by atoms with Crippen molar-refractivity contribution < 1.29 is 14.3 Å².